The van der Waals surface area contributed by atoms with E-state index in [-0.39, 0.29) is 0 Å². The number of allylic oxidation sites excluding steroid dienone is 4. The third-order valence-electron chi connectivity index (χ3n) is 1.94. The van der Waals surface area contributed by atoms with E-state index in [1.165, 1.54) is 6.42 Å². The maximum atomic E-state index is 8.01. The number of rotatable bonds is 5. The SMILES string of the molecule is [N-]=[N+]=NCCCCC1C=CC=C1. The molecule has 0 aromatic carbocycles. The van der Waals surface area contributed by atoms with Crippen LogP contribution >= 0.6 is 0 Å². The molecule has 0 unspecified atom stereocenters. The van der Waals surface area contributed by atoms with Crippen molar-refractivity contribution in [3.05, 3.63) is 34.7 Å². The summed E-state index contributed by atoms with van der Waals surface area (Å²) in [5.74, 6) is 0.621. The largest absolute Gasteiger partial charge is 0.0940 e. The molecule has 0 aliphatic heterocycles. The van der Waals surface area contributed by atoms with E-state index in [0.29, 0.717) is 12.5 Å². The maximum Gasteiger partial charge on any atom is 0.0257 e. The Morgan fingerprint density at radius 1 is 1.25 bits per heavy atom. The summed E-state index contributed by atoms with van der Waals surface area (Å²) in [7, 11) is 0. The van der Waals surface area contributed by atoms with Gasteiger partial charge in [-0.3, -0.25) is 0 Å². The van der Waals surface area contributed by atoms with E-state index in [4.69, 9.17) is 5.53 Å². The Bertz CT molecular complexity index is 212. The monoisotopic (exact) mass is 163 g/mol. The first-order valence-electron chi connectivity index (χ1n) is 4.29. The van der Waals surface area contributed by atoms with Crippen LogP contribution in [0.1, 0.15) is 19.3 Å². The van der Waals surface area contributed by atoms with Crippen molar-refractivity contribution in [2.45, 2.75) is 19.3 Å². The van der Waals surface area contributed by atoms with Crippen LogP contribution in [0.4, 0.5) is 0 Å². The minimum atomic E-state index is 0.621. The standard InChI is InChI=1S/C9H13N3/c10-12-11-8-4-3-7-9-5-1-2-6-9/h1-2,5-6,9H,3-4,7-8H2. The molecule has 1 aliphatic carbocycles. The van der Waals surface area contributed by atoms with Crippen LogP contribution in [0.15, 0.2) is 29.4 Å². The fourth-order valence-electron chi connectivity index (χ4n) is 1.28. The first-order valence-corrected chi connectivity index (χ1v) is 4.29. The Balaban J connectivity index is 1.99. The second kappa shape index (κ2) is 5.44. The first kappa shape index (κ1) is 8.88. The summed E-state index contributed by atoms with van der Waals surface area (Å²) in [6.07, 6.45) is 11.9. The minimum Gasteiger partial charge on any atom is -0.0940 e. The van der Waals surface area contributed by atoms with Crippen molar-refractivity contribution in [1.82, 2.24) is 0 Å². The zero-order valence-electron chi connectivity index (χ0n) is 7.06. The van der Waals surface area contributed by atoms with Crippen LogP contribution in [0.5, 0.6) is 0 Å². The molecule has 3 nitrogen and oxygen atoms in total. The molecule has 0 amide bonds. The molecule has 64 valence electrons. The molecule has 0 saturated heterocycles. The molecule has 0 saturated carbocycles. The highest BCUT2D eigenvalue weighted by Crippen LogP contribution is 2.15. The van der Waals surface area contributed by atoms with Crippen LogP contribution in [-0.2, 0) is 0 Å². The third kappa shape index (κ3) is 3.26. The van der Waals surface area contributed by atoms with E-state index < -0.39 is 0 Å². The Morgan fingerprint density at radius 3 is 2.67 bits per heavy atom. The second-order valence-corrected chi connectivity index (χ2v) is 2.88. The molecule has 0 heterocycles. The summed E-state index contributed by atoms with van der Waals surface area (Å²) in [5.41, 5.74) is 8.01. The number of unbranched alkanes of at least 4 members (excludes halogenated alkanes) is 1. The van der Waals surface area contributed by atoms with Gasteiger partial charge < -0.3 is 0 Å². The van der Waals surface area contributed by atoms with E-state index >= 15 is 0 Å². The van der Waals surface area contributed by atoms with Gasteiger partial charge in [-0.25, -0.2) is 0 Å². The molecule has 0 atom stereocenters. The van der Waals surface area contributed by atoms with Crippen LogP contribution in [0.3, 0.4) is 0 Å². The molecule has 0 aromatic heterocycles. The summed E-state index contributed by atoms with van der Waals surface area (Å²) in [5, 5.41) is 3.48. The van der Waals surface area contributed by atoms with Gasteiger partial charge in [0.15, 0.2) is 0 Å². The number of hydrogen-bond donors (Lipinski definition) is 0. The number of hydrogen-bond acceptors (Lipinski definition) is 1. The number of nitrogens with zero attached hydrogens (tertiary/aromatic N) is 3. The lowest BCUT2D eigenvalue weighted by atomic mass is 10.0. The van der Waals surface area contributed by atoms with E-state index in [1.807, 2.05) is 0 Å². The lowest BCUT2D eigenvalue weighted by Crippen LogP contribution is -1.90. The van der Waals surface area contributed by atoms with Gasteiger partial charge >= 0.3 is 0 Å². The molecule has 0 radical (unpaired) electrons. The molecule has 3 heteroatoms. The topological polar surface area (TPSA) is 48.8 Å². The molecule has 0 N–H and O–H groups in total. The summed E-state index contributed by atoms with van der Waals surface area (Å²) in [4.78, 5) is 2.70. The van der Waals surface area contributed by atoms with Gasteiger partial charge in [0, 0.05) is 11.5 Å². The van der Waals surface area contributed by atoms with Crippen molar-refractivity contribution < 1.29 is 0 Å². The predicted octanol–water partition coefficient (Wildman–Crippen LogP) is 3.21. The Labute approximate surface area is 72.4 Å². The zero-order chi connectivity index (χ0) is 8.65. The fourth-order valence-corrected chi connectivity index (χ4v) is 1.28. The Hall–Kier alpha value is -1.21. The highest BCUT2D eigenvalue weighted by atomic mass is 15.1. The van der Waals surface area contributed by atoms with E-state index in [9.17, 15) is 0 Å². The fraction of sp³-hybridized carbons (Fsp3) is 0.556. The molecule has 0 aromatic rings. The molecule has 12 heavy (non-hydrogen) atoms. The van der Waals surface area contributed by atoms with Crippen molar-refractivity contribution >= 4 is 0 Å². The Kier molecular flexibility index (Phi) is 4.03. The molecule has 1 aliphatic rings. The van der Waals surface area contributed by atoms with Gasteiger partial charge in [0.2, 0.25) is 0 Å². The average molecular weight is 163 g/mol. The summed E-state index contributed by atoms with van der Waals surface area (Å²) in [6.45, 7) is 0.636. The molecular weight excluding hydrogens is 150 g/mol. The molecule has 0 bridgehead atoms. The van der Waals surface area contributed by atoms with Crippen LogP contribution in [0.25, 0.3) is 10.4 Å². The highest BCUT2D eigenvalue weighted by Gasteiger charge is 2.01. The summed E-state index contributed by atoms with van der Waals surface area (Å²) >= 11 is 0. The summed E-state index contributed by atoms with van der Waals surface area (Å²) in [6, 6.07) is 0. The van der Waals surface area contributed by atoms with Crippen LogP contribution < -0.4 is 0 Å². The predicted molar refractivity (Wildman–Crippen MR) is 49.6 cm³/mol. The average Bonchev–Trinajstić information content (AvgIpc) is 2.57. The van der Waals surface area contributed by atoms with Crippen molar-refractivity contribution in [2.75, 3.05) is 6.54 Å². The van der Waals surface area contributed by atoms with E-state index in [2.05, 4.69) is 34.3 Å². The van der Waals surface area contributed by atoms with E-state index in [1.54, 1.807) is 0 Å². The molecule has 1 rings (SSSR count). The normalized spacial score (nSPS) is 15.0. The van der Waals surface area contributed by atoms with Gasteiger partial charge in [-0.2, -0.15) is 0 Å². The third-order valence-corrected chi connectivity index (χ3v) is 1.94. The van der Waals surface area contributed by atoms with Gasteiger partial charge in [-0.15, -0.1) is 0 Å². The minimum absolute atomic E-state index is 0.621. The molecule has 0 spiro atoms. The number of azide groups is 1. The van der Waals surface area contributed by atoms with Gasteiger partial charge in [0.1, 0.15) is 0 Å². The van der Waals surface area contributed by atoms with Crippen molar-refractivity contribution in [1.29, 1.82) is 0 Å². The maximum absolute atomic E-state index is 8.01. The van der Waals surface area contributed by atoms with Crippen LogP contribution in [-0.4, -0.2) is 6.54 Å². The van der Waals surface area contributed by atoms with Crippen LogP contribution in [0.2, 0.25) is 0 Å². The summed E-state index contributed by atoms with van der Waals surface area (Å²) < 4.78 is 0. The quantitative estimate of drug-likeness (QED) is 0.258. The van der Waals surface area contributed by atoms with Crippen molar-refractivity contribution in [3.8, 4) is 0 Å². The van der Waals surface area contributed by atoms with Gasteiger partial charge in [0.25, 0.3) is 0 Å². The lowest BCUT2D eigenvalue weighted by molar-refractivity contribution is 0.628. The lowest BCUT2D eigenvalue weighted by Gasteiger charge is -2.02. The van der Waals surface area contributed by atoms with E-state index in [0.717, 1.165) is 12.8 Å². The molecular formula is C9H13N3. The van der Waals surface area contributed by atoms with Crippen molar-refractivity contribution in [2.24, 2.45) is 11.0 Å². The van der Waals surface area contributed by atoms with Crippen LogP contribution in [0, 0.1) is 5.92 Å². The highest BCUT2D eigenvalue weighted by molar-refractivity contribution is 5.17. The van der Waals surface area contributed by atoms with Gasteiger partial charge in [-0.1, -0.05) is 35.8 Å². The smallest absolute Gasteiger partial charge is 0.0257 e. The van der Waals surface area contributed by atoms with Gasteiger partial charge in [-0.05, 0) is 24.3 Å². The Morgan fingerprint density at radius 2 is 2.00 bits per heavy atom. The molecule has 0 fully saturated rings. The zero-order valence-corrected chi connectivity index (χ0v) is 7.06. The first-order chi connectivity index (χ1) is 5.93. The van der Waals surface area contributed by atoms with Gasteiger partial charge in [0.05, 0.1) is 0 Å². The second-order valence-electron chi connectivity index (χ2n) is 2.88. The van der Waals surface area contributed by atoms with Crippen molar-refractivity contribution in [3.63, 3.8) is 0 Å².